The first-order valence-corrected chi connectivity index (χ1v) is 10.1. The van der Waals surface area contributed by atoms with E-state index in [1.807, 2.05) is 38.1 Å². The quantitative estimate of drug-likeness (QED) is 0.685. The Kier molecular flexibility index (Phi) is 6.38. The molecular weight excluding hydrogens is 404 g/mol. The number of amides is 4. The van der Waals surface area contributed by atoms with Crippen molar-refractivity contribution >= 4 is 17.8 Å². The summed E-state index contributed by atoms with van der Waals surface area (Å²) >= 11 is 0. The molecule has 0 aliphatic carbocycles. The zero-order valence-electron chi connectivity index (χ0n) is 17.7. The summed E-state index contributed by atoms with van der Waals surface area (Å²) in [6.07, 6.45) is 0.713. The van der Waals surface area contributed by atoms with Crippen molar-refractivity contribution < 1.29 is 23.2 Å². The third-order valence-electron chi connectivity index (χ3n) is 5.41. The molecule has 6 nitrogen and oxygen atoms in total. The van der Waals surface area contributed by atoms with Crippen LogP contribution < -0.4 is 5.32 Å². The van der Waals surface area contributed by atoms with E-state index in [9.17, 15) is 23.2 Å². The van der Waals surface area contributed by atoms with Gasteiger partial charge in [0.1, 0.15) is 12.1 Å². The Morgan fingerprint density at radius 1 is 1.10 bits per heavy atom. The highest BCUT2D eigenvalue weighted by Crippen LogP contribution is 2.29. The number of hydrogen-bond donors (Lipinski definition) is 1. The highest BCUT2D eigenvalue weighted by Gasteiger charge is 2.50. The van der Waals surface area contributed by atoms with Gasteiger partial charge in [-0.1, -0.05) is 42.8 Å². The van der Waals surface area contributed by atoms with Crippen molar-refractivity contribution in [2.45, 2.75) is 39.3 Å². The van der Waals surface area contributed by atoms with Gasteiger partial charge in [-0.25, -0.2) is 13.6 Å². The van der Waals surface area contributed by atoms with Crippen molar-refractivity contribution in [1.29, 1.82) is 0 Å². The number of benzene rings is 2. The molecule has 0 bridgehead atoms. The average molecular weight is 429 g/mol. The van der Waals surface area contributed by atoms with Gasteiger partial charge in [-0.05, 0) is 43.5 Å². The third-order valence-corrected chi connectivity index (χ3v) is 5.41. The molecule has 1 aliphatic rings. The van der Waals surface area contributed by atoms with Crippen molar-refractivity contribution in [1.82, 2.24) is 15.1 Å². The highest BCUT2D eigenvalue weighted by atomic mass is 19.2. The lowest BCUT2D eigenvalue weighted by molar-refractivity contribution is -0.139. The predicted octanol–water partition coefficient (Wildman–Crippen LogP) is 3.48. The first-order valence-electron chi connectivity index (χ1n) is 10.1. The topological polar surface area (TPSA) is 69.7 Å². The molecule has 1 fully saturated rings. The molecule has 2 aromatic rings. The van der Waals surface area contributed by atoms with Crippen LogP contribution in [-0.2, 0) is 21.7 Å². The van der Waals surface area contributed by atoms with Crippen LogP contribution in [-0.4, -0.2) is 40.7 Å². The second-order valence-electron chi connectivity index (χ2n) is 7.88. The Morgan fingerprint density at radius 2 is 1.77 bits per heavy atom. The summed E-state index contributed by atoms with van der Waals surface area (Å²) in [5, 5.41) is 2.50. The van der Waals surface area contributed by atoms with Crippen molar-refractivity contribution in [2.24, 2.45) is 0 Å². The monoisotopic (exact) mass is 429 g/mol. The Balaban J connectivity index is 1.77. The molecule has 1 unspecified atom stereocenters. The van der Waals surface area contributed by atoms with E-state index in [1.165, 1.54) is 13.0 Å². The molecule has 0 aromatic heterocycles. The summed E-state index contributed by atoms with van der Waals surface area (Å²) in [5.74, 6) is -3.24. The van der Waals surface area contributed by atoms with Gasteiger partial charge in [0.05, 0.1) is 0 Å². The van der Waals surface area contributed by atoms with Gasteiger partial charge in [-0.15, -0.1) is 0 Å². The van der Waals surface area contributed by atoms with E-state index in [-0.39, 0.29) is 11.5 Å². The predicted molar refractivity (Wildman–Crippen MR) is 111 cm³/mol. The minimum Gasteiger partial charge on any atom is -0.337 e. The molecule has 4 amide bonds. The van der Waals surface area contributed by atoms with Gasteiger partial charge in [0, 0.05) is 13.1 Å². The molecule has 8 heteroatoms. The van der Waals surface area contributed by atoms with Crippen LogP contribution in [0.15, 0.2) is 42.5 Å². The van der Waals surface area contributed by atoms with Crippen molar-refractivity contribution in [3.63, 3.8) is 0 Å². The zero-order chi connectivity index (χ0) is 22.8. The minimum absolute atomic E-state index is 0.102. The van der Waals surface area contributed by atoms with Crippen LogP contribution in [0, 0.1) is 18.6 Å². The number of nitrogens with zero attached hydrogens (tertiary/aromatic N) is 2. The number of carbonyl (C=O) groups excluding carboxylic acids is 3. The van der Waals surface area contributed by atoms with Crippen LogP contribution in [0.1, 0.15) is 37.0 Å². The largest absolute Gasteiger partial charge is 0.337 e. The summed E-state index contributed by atoms with van der Waals surface area (Å²) in [4.78, 5) is 40.9. The maximum atomic E-state index is 13.7. The minimum atomic E-state index is -1.58. The number of carbonyl (C=O) groups is 3. The molecule has 0 spiro atoms. The Hall–Kier alpha value is -3.29. The molecule has 0 radical (unpaired) electrons. The normalized spacial score (nSPS) is 18.3. The molecule has 3 rings (SSSR count). The van der Waals surface area contributed by atoms with E-state index in [0.29, 0.717) is 19.5 Å². The fraction of sp³-hybridized carbons (Fsp3) is 0.348. The lowest BCUT2D eigenvalue weighted by Gasteiger charge is -2.25. The summed E-state index contributed by atoms with van der Waals surface area (Å²) in [5.41, 5.74) is 0.562. The number of aryl methyl sites for hydroxylation is 1. The standard InChI is InChI=1S/C23H25F2N3O3/c1-4-11-27(13-16-7-5-15(2)6-8-16)20(29)14-28-21(30)23(3,26-22(28)31)17-9-10-18(24)19(25)12-17/h5-10,12H,4,11,13-14H2,1-3H3,(H,26,31). The maximum absolute atomic E-state index is 13.7. The summed E-state index contributed by atoms with van der Waals surface area (Å²) in [6.45, 7) is 5.70. The molecule has 1 aliphatic heterocycles. The van der Waals surface area contributed by atoms with Crippen LogP contribution in [0.4, 0.5) is 13.6 Å². The molecule has 1 heterocycles. The lowest BCUT2D eigenvalue weighted by Crippen LogP contribution is -2.44. The first-order chi connectivity index (χ1) is 14.7. The van der Waals surface area contributed by atoms with Crippen LogP contribution in [0.3, 0.4) is 0 Å². The van der Waals surface area contributed by atoms with Crippen molar-refractivity contribution in [3.05, 3.63) is 70.8 Å². The molecule has 2 aromatic carbocycles. The number of imide groups is 1. The van der Waals surface area contributed by atoms with Crippen LogP contribution in [0.2, 0.25) is 0 Å². The van der Waals surface area contributed by atoms with Gasteiger partial charge in [-0.3, -0.25) is 14.5 Å². The molecule has 1 saturated heterocycles. The van der Waals surface area contributed by atoms with Crippen LogP contribution in [0.5, 0.6) is 0 Å². The number of halogens is 2. The van der Waals surface area contributed by atoms with Crippen LogP contribution in [0.25, 0.3) is 0 Å². The van der Waals surface area contributed by atoms with Gasteiger partial charge in [0.15, 0.2) is 11.6 Å². The van der Waals surface area contributed by atoms with E-state index in [4.69, 9.17) is 0 Å². The van der Waals surface area contributed by atoms with Gasteiger partial charge in [0.25, 0.3) is 5.91 Å². The Labute approximate surface area is 179 Å². The molecule has 1 N–H and O–H groups in total. The lowest BCUT2D eigenvalue weighted by atomic mass is 9.92. The number of urea groups is 1. The molecule has 0 saturated carbocycles. The fourth-order valence-corrected chi connectivity index (χ4v) is 3.55. The number of hydrogen-bond acceptors (Lipinski definition) is 3. The number of rotatable bonds is 7. The van der Waals surface area contributed by atoms with E-state index in [2.05, 4.69) is 5.32 Å². The van der Waals surface area contributed by atoms with E-state index >= 15 is 0 Å². The van der Waals surface area contributed by atoms with Gasteiger partial charge < -0.3 is 10.2 Å². The fourth-order valence-electron chi connectivity index (χ4n) is 3.55. The third kappa shape index (κ3) is 4.57. The SMILES string of the molecule is CCCN(Cc1ccc(C)cc1)C(=O)CN1C(=O)NC(C)(c2ccc(F)c(F)c2)C1=O. The Morgan fingerprint density at radius 3 is 2.39 bits per heavy atom. The Bertz CT molecular complexity index is 1010. The molecule has 164 valence electrons. The molecular formula is C23H25F2N3O3. The van der Waals surface area contributed by atoms with Gasteiger partial charge >= 0.3 is 6.03 Å². The average Bonchev–Trinajstić information content (AvgIpc) is 2.95. The smallest absolute Gasteiger partial charge is 0.325 e. The molecule has 1 atom stereocenters. The summed E-state index contributed by atoms with van der Waals surface area (Å²) in [7, 11) is 0. The summed E-state index contributed by atoms with van der Waals surface area (Å²) in [6, 6.07) is 10.0. The summed E-state index contributed by atoms with van der Waals surface area (Å²) < 4.78 is 27.0. The highest BCUT2D eigenvalue weighted by molar-refractivity contribution is 6.09. The van der Waals surface area contributed by atoms with E-state index in [1.54, 1.807) is 4.90 Å². The van der Waals surface area contributed by atoms with Gasteiger partial charge in [-0.2, -0.15) is 0 Å². The van der Waals surface area contributed by atoms with Gasteiger partial charge in [0.2, 0.25) is 5.91 Å². The van der Waals surface area contributed by atoms with E-state index in [0.717, 1.165) is 28.2 Å². The van der Waals surface area contributed by atoms with Crippen LogP contribution >= 0.6 is 0 Å². The van der Waals surface area contributed by atoms with Crippen molar-refractivity contribution in [3.8, 4) is 0 Å². The number of nitrogens with one attached hydrogen (secondary N) is 1. The zero-order valence-corrected chi connectivity index (χ0v) is 17.7. The van der Waals surface area contributed by atoms with E-state index < -0.39 is 35.7 Å². The second kappa shape index (κ2) is 8.83. The maximum Gasteiger partial charge on any atom is 0.325 e. The molecule has 31 heavy (non-hydrogen) atoms. The first kappa shape index (κ1) is 22.4. The second-order valence-corrected chi connectivity index (χ2v) is 7.88. The van der Waals surface area contributed by atoms with Crippen molar-refractivity contribution in [2.75, 3.05) is 13.1 Å².